The number of hydrogen-bond donors (Lipinski definition) is 8. The Balaban J connectivity index is 1.62. The van der Waals surface area contributed by atoms with Crippen LogP contribution in [0.3, 0.4) is 0 Å². The highest BCUT2D eigenvalue weighted by molar-refractivity contribution is 5.31. The lowest BCUT2D eigenvalue weighted by Crippen LogP contribution is -2.60. The minimum Gasteiger partial charge on any atom is -0.462 e. The van der Waals surface area contributed by atoms with Crippen molar-refractivity contribution in [3.8, 4) is 11.5 Å². The molecule has 2 fully saturated rings. The Morgan fingerprint density at radius 1 is 0.567 bits per heavy atom. The molecule has 2 saturated heterocycles. The molecular formula is C18H26O12. The molecule has 12 heteroatoms. The van der Waals surface area contributed by atoms with Crippen molar-refractivity contribution in [2.75, 3.05) is 13.2 Å². The van der Waals surface area contributed by atoms with Crippen LogP contribution < -0.4 is 9.47 Å². The summed E-state index contributed by atoms with van der Waals surface area (Å²) in [6, 6.07) is 5.67. The van der Waals surface area contributed by atoms with Gasteiger partial charge in [-0.3, -0.25) is 0 Å². The van der Waals surface area contributed by atoms with Gasteiger partial charge in [-0.15, -0.1) is 0 Å². The van der Waals surface area contributed by atoms with Crippen LogP contribution >= 0.6 is 0 Å². The normalized spacial score (nSPS) is 42.0. The molecule has 2 aliphatic heterocycles. The molecule has 0 aliphatic carbocycles. The molecule has 3 rings (SSSR count). The molecule has 0 spiro atoms. The van der Waals surface area contributed by atoms with E-state index in [1.54, 1.807) is 0 Å². The summed E-state index contributed by atoms with van der Waals surface area (Å²) in [7, 11) is 0. The third-order valence-electron chi connectivity index (χ3n) is 5.03. The van der Waals surface area contributed by atoms with E-state index in [9.17, 15) is 40.9 Å². The lowest BCUT2D eigenvalue weighted by molar-refractivity contribution is -0.278. The van der Waals surface area contributed by atoms with Gasteiger partial charge in [-0.2, -0.15) is 0 Å². The molecule has 2 heterocycles. The van der Waals surface area contributed by atoms with E-state index in [1.165, 1.54) is 24.3 Å². The highest BCUT2D eigenvalue weighted by Gasteiger charge is 2.45. The van der Waals surface area contributed by atoms with Gasteiger partial charge in [-0.1, -0.05) is 0 Å². The van der Waals surface area contributed by atoms with Crippen molar-refractivity contribution in [1.82, 2.24) is 0 Å². The van der Waals surface area contributed by atoms with Crippen LogP contribution in [0.25, 0.3) is 0 Å². The summed E-state index contributed by atoms with van der Waals surface area (Å²) in [4.78, 5) is 0. The predicted molar refractivity (Wildman–Crippen MR) is 95.2 cm³/mol. The first kappa shape index (κ1) is 23.1. The highest BCUT2D eigenvalue weighted by Crippen LogP contribution is 2.28. The molecule has 2 aliphatic rings. The largest absolute Gasteiger partial charge is 0.462 e. The second-order valence-corrected chi connectivity index (χ2v) is 7.10. The molecule has 0 bridgehead atoms. The van der Waals surface area contributed by atoms with Crippen molar-refractivity contribution < 1.29 is 59.8 Å². The minimum absolute atomic E-state index is 0.195. The van der Waals surface area contributed by atoms with Gasteiger partial charge in [-0.25, -0.2) is 0 Å². The Hall–Kier alpha value is -1.58. The number of hydrogen-bond acceptors (Lipinski definition) is 12. The zero-order valence-corrected chi connectivity index (χ0v) is 15.7. The van der Waals surface area contributed by atoms with Crippen molar-refractivity contribution in [3.63, 3.8) is 0 Å². The summed E-state index contributed by atoms with van der Waals surface area (Å²) in [6.07, 6.45) is -14.2. The van der Waals surface area contributed by atoms with Crippen LogP contribution in [0.15, 0.2) is 24.3 Å². The van der Waals surface area contributed by atoms with Gasteiger partial charge in [0, 0.05) is 0 Å². The SMILES string of the molecule is OCC1O[C@@H](Oc2ccc(O[C@@H]3OC(CO)[C@@H](O)[C@H](O)C3O)cc2)C(O)C(O)[C@@H]1O. The molecular weight excluding hydrogens is 408 g/mol. The number of rotatable bonds is 6. The Labute approximate surface area is 171 Å². The third kappa shape index (κ3) is 4.68. The zero-order chi connectivity index (χ0) is 22.0. The topological polar surface area (TPSA) is 199 Å². The molecule has 12 nitrogen and oxygen atoms in total. The smallest absolute Gasteiger partial charge is 0.229 e. The van der Waals surface area contributed by atoms with Crippen molar-refractivity contribution >= 4 is 0 Å². The Bertz CT molecular complexity index is 611. The monoisotopic (exact) mass is 434 g/mol. The molecule has 0 aromatic heterocycles. The van der Waals surface area contributed by atoms with Crippen molar-refractivity contribution in [2.24, 2.45) is 0 Å². The Kier molecular flexibility index (Phi) is 7.47. The maximum atomic E-state index is 10.0. The van der Waals surface area contributed by atoms with Gasteiger partial charge >= 0.3 is 0 Å². The van der Waals surface area contributed by atoms with Gasteiger partial charge < -0.3 is 59.8 Å². The van der Waals surface area contributed by atoms with Crippen LogP contribution in [-0.2, 0) is 9.47 Å². The molecule has 1 aromatic carbocycles. The fraction of sp³-hybridized carbons (Fsp3) is 0.667. The lowest BCUT2D eigenvalue weighted by atomic mass is 9.99. The molecule has 10 atom stereocenters. The van der Waals surface area contributed by atoms with E-state index in [4.69, 9.17) is 18.9 Å². The molecule has 30 heavy (non-hydrogen) atoms. The summed E-state index contributed by atoms with van der Waals surface area (Å²) in [6.45, 7) is -1.17. The van der Waals surface area contributed by atoms with E-state index in [0.717, 1.165) is 0 Å². The summed E-state index contributed by atoms with van der Waals surface area (Å²) >= 11 is 0. The Morgan fingerprint density at radius 3 is 1.20 bits per heavy atom. The molecule has 5 unspecified atom stereocenters. The van der Waals surface area contributed by atoms with E-state index in [2.05, 4.69) is 0 Å². The van der Waals surface area contributed by atoms with Crippen molar-refractivity contribution in [2.45, 2.75) is 61.4 Å². The van der Waals surface area contributed by atoms with Gasteiger partial charge in [0.15, 0.2) is 0 Å². The predicted octanol–water partition coefficient (Wildman–Crippen LogP) is -3.96. The molecule has 1 aromatic rings. The lowest BCUT2D eigenvalue weighted by Gasteiger charge is -2.39. The summed E-state index contributed by atoms with van der Waals surface area (Å²) < 4.78 is 21.4. The fourth-order valence-corrected chi connectivity index (χ4v) is 3.19. The summed E-state index contributed by atoms with van der Waals surface area (Å²) in [5.41, 5.74) is 0. The van der Waals surface area contributed by atoms with E-state index in [1.807, 2.05) is 0 Å². The Morgan fingerprint density at radius 2 is 0.900 bits per heavy atom. The molecule has 8 N–H and O–H groups in total. The minimum atomic E-state index is -1.57. The average molecular weight is 434 g/mol. The second kappa shape index (κ2) is 9.70. The van der Waals surface area contributed by atoms with Crippen molar-refractivity contribution in [3.05, 3.63) is 24.3 Å². The van der Waals surface area contributed by atoms with Gasteiger partial charge in [0.25, 0.3) is 0 Å². The first-order valence-corrected chi connectivity index (χ1v) is 9.31. The third-order valence-corrected chi connectivity index (χ3v) is 5.03. The van der Waals surface area contributed by atoms with Crippen LogP contribution in [-0.4, -0.2) is 115 Å². The van der Waals surface area contributed by atoms with Crippen LogP contribution in [0, 0.1) is 0 Å². The molecule has 0 radical (unpaired) electrons. The first-order valence-electron chi connectivity index (χ1n) is 9.31. The van der Waals surface area contributed by atoms with Gasteiger partial charge in [0.1, 0.15) is 60.3 Å². The zero-order valence-electron chi connectivity index (χ0n) is 15.7. The van der Waals surface area contributed by atoms with Crippen LogP contribution in [0.4, 0.5) is 0 Å². The average Bonchev–Trinajstić information content (AvgIpc) is 2.75. The van der Waals surface area contributed by atoms with Gasteiger partial charge in [-0.05, 0) is 24.3 Å². The number of aliphatic hydroxyl groups excluding tert-OH is 8. The molecule has 0 amide bonds. The van der Waals surface area contributed by atoms with E-state index >= 15 is 0 Å². The second-order valence-electron chi connectivity index (χ2n) is 7.10. The van der Waals surface area contributed by atoms with E-state index in [-0.39, 0.29) is 11.5 Å². The van der Waals surface area contributed by atoms with Crippen LogP contribution in [0.1, 0.15) is 0 Å². The van der Waals surface area contributed by atoms with Crippen LogP contribution in [0.5, 0.6) is 11.5 Å². The first-order chi connectivity index (χ1) is 14.3. The number of ether oxygens (including phenoxy) is 4. The molecule has 170 valence electrons. The summed E-state index contributed by atoms with van der Waals surface area (Å²) in [5.74, 6) is 0.390. The quantitative estimate of drug-likeness (QED) is 0.216. The molecule has 0 saturated carbocycles. The summed E-state index contributed by atoms with van der Waals surface area (Å²) in [5, 5.41) is 77.6. The number of benzene rings is 1. The van der Waals surface area contributed by atoms with Gasteiger partial charge in [0.2, 0.25) is 12.6 Å². The number of aliphatic hydroxyl groups is 8. The maximum absolute atomic E-state index is 10.0. The van der Waals surface area contributed by atoms with Gasteiger partial charge in [0.05, 0.1) is 13.2 Å². The van der Waals surface area contributed by atoms with E-state index in [0.29, 0.717) is 0 Å². The van der Waals surface area contributed by atoms with Crippen molar-refractivity contribution in [1.29, 1.82) is 0 Å². The standard InChI is InChI=1S/C18H26O12/c19-5-9-11(21)13(23)15(25)17(29-9)27-7-1-2-8(4-3-7)28-18-16(26)14(24)12(22)10(6-20)30-18/h1-4,9-26H,5-6H2/t9?,10?,11-,12-,13+,14?,15?,16?,17-,18-/m1/s1. The maximum Gasteiger partial charge on any atom is 0.229 e. The van der Waals surface area contributed by atoms with Crippen LogP contribution in [0.2, 0.25) is 0 Å². The fourth-order valence-electron chi connectivity index (χ4n) is 3.19. The van der Waals surface area contributed by atoms with E-state index < -0.39 is 74.6 Å². The highest BCUT2D eigenvalue weighted by atomic mass is 16.7.